The van der Waals surface area contributed by atoms with Crippen LogP contribution in [0.3, 0.4) is 0 Å². The number of aryl methyl sites for hydroxylation is 3. The molecule has 1 amide bonds. The maximum atomic E-state index is 12.0. The number of ether oxygens (including phenoxy) is 2. The van der Waals surface area contributed by atoms with Crippen molar-refractivity contribution in [1.82, 2.24) is 0 Å². The van der Waals surface area contributed by atoms with Crippen molar-refractivity contribution in [1.29, 1.82) is 0 Å². The summed E-state index contributed by atoms with van der Waals surface area (Å²) in [4.78, 5) is 34.5. The minimum Gasteiger partial charge on any atom is -0.496 e. The number of benzene rings is 2. The zero-order valence-electron chi connectivity index (χ0n) is 16.0. The molecule has 2 rings (SSSR count). The lowest BCUT2D eigenvalue weighted by molar-refractivity contribution is -0.384. The van der Waals surface area contributed by atoms with Crippen molar-refractivity contribution in [2.45, 2.75) is 26.7 Å². The highest BCUT2D eigenvalue weighted by atomic mass is 16.6. The van der Waals surface area contributed by atoms with Crippen molar-refractivity contribution in [3.63, 3.8) is 0 Å². The first-order chi connectivity index (χ1) is 13.3. The summed E-state index contributed by atoms with van der Waals surface area (Å²) in [5, 5.41) is 13.6. The van der Waals surface area contributed by atoms with E-state index in [4.69, 9.17) is 9.47 Å². The molecular weight excluding hydrogens is 364 g/mol. The molecule has 0 saturated heterocycles. The number of nitrogens with one attached hydrogen (secondary N) is 1. The number of para-hydroxylation sites is 1. The van der Waals surface area contributed by atoms with Gasteiger partial charge in [-0.3, -0.25) is 19.7 Å². The highest BCUT2D eigenvalue weighted by Gasteiger charge is 2.18. The van der Waals surface area contributed by atoms with Gasteiger partial charge in [0.1, 0.15) is 11.4 Å². The Morgan fingerprint density at radius 1 is 1.14 bits per heavy atom. The topological polar surface area (TPSA) is 108 Å². The third-order valence-corrected chi connectivity index (χ3v) is 4.24. The maximum Gasteiger partial charge on any atom is 0.306 e. The molecule has 28 heavy (non-hydrogen) atoms. The van der Waals surface area contributed by atoms with Crippen LogP contribution < -0.4 is 10.1 Å². The fraction of sp³-hybridized carbons (Fsp3) is 0.300. The van der Waals surface area contributed by atoms with Crippen molar-refractivity contribution >= 4 is 23.3 Å². The highest BCUT2D eigenvalue weighted by Crippen LogP contribution is 2.27. The summed E-state index contributed by atoms with van der Waals surface area (Å²) < 4.78 is 10.2. The van der Waals surface area contributed by atoms with Crippen LogP contribution >= 0.6 is 0 Å². The largest absolute Gasteiger partial charge is 0.496 e. The predicted molar refractivity (Wildman–Crippen MR) is 103 cm³/mol. The molecule has 0 spiro atoms. The minimum absolute atomic E-state index is 0.0724. The summed E-state index contributed by atoms with van der Waals surface area (Å²) in [6, 6.07) is 10.2. The van der Waals surface area contributed by atoms with Crippen LogP contribution in [0.25, 0.3) is 0 Å². The zero-order chi connectivity index (χ0) is 20.7. The molecule has 0 atom stereocenters. The molecule has 2 aromatic carbocycles. The van der Waals surface area contributed by atoms with E-state index in [-0.39, 0.29) is 17.8 Å². The van der Waals surface area contributed by atoms with E-state index >= 15 is 0 Å². The average Bonchev–Trinajstić information content (AvgIpc) is 2.67. The van der Waals surface area contributed by atoms with Gasteiger partial charge in [0.2, 0.25) is 0 Å². The van der Waals surface area contributed by atoms with Crippen LogP contribution in [0.2, 0.25) is 0 Å². The lowest BCUT2D eigenvalue weighted by Crippen LogP contribution is -2.21. The second kappa shape index (κ2) is 9.50. The van der Waals surface area contributed by atoms with Gasteiger partial charge in [-0.1, -0.05) is 18.2 Å². The van der Waals surface area contributed by atoms with Crippen LogP contribution in [0, 0.1) is 24.0 Å². The molecule has 0 saturated carbocycles. The molecule has 0 unspecified atom stereocenters. The van der Waals surface area contributed by atoms with Gasteiger partial charge in [-0.05, 0) is 49.1 Å². The van der Waals surface area contributed by atoms with Gasteiger partial charge >= 0.3 is 5.97 Å². The highest BCUT2D eigenvalue weighted by molar-refractivity contribution is 5.95. The normalized spacial score (nSPS) is 10.2. The van der Waals surface area contributed by atoms with E-state index in [0.29, 0.717) is 12.2 Å². The molecule has 0 aromatic heterocycles. The number of nitro groups is 1. The quantitative estimate of drug-likeness (QED) is 0.423. The summed E-state index contributed by atoms with van der Waals surface area (Å²) in [7, 11) is 1.55. The molecule has 0 aliphatic heterocycles. The first-order valence-electron chi connectivity index (χ1n) is 8.64. The molecule has 8 heteroatoms. The Balaban J connectivity index is 1.89. The van der Waals surface area contributed by atoms with E-state index in [9.17, 15) is 19.7 Å². The predicted octanol–water partition coefficient (Wildman–Crippen LogP) is 3.33. The van der Waals surface area contributed by atoms with Gasteiger partial charge in [-0.2, -0.15) is 0 Å². The number of rotatable bonds is 8. The summed E-state index contributed by atoms with van der Waals surface area (Å²) >= 11 is 0. The number of carbonyl (C=O) groups excluding carboxylic acids is 2. The molecule has 8 nitrogen and oxygen atoms in total. The van der Waals surface area contributed by atoms with E-state index in [2.05, 4.69) is 5.32 Å². The summed E-state index contributed by atoms with van der Waals surface area (Å²) in [5.74, 6) is -0.511. The third kappa shape index (κ3) is 5.54. The SMILES string of the molecule is COc1ccccc1CCC(=O)OCC(=O)Nc1cc(C)c(C)cc1[N+](=O)[O-]. The number of esters is 1. The first-order valence-corrected chi connectivity index (χ1v) is 8.64. The van der Waals surface area contributed by atoms with E-state index in [1.807, 2.05) is 18.2 Å². The number of hydrogen-bond donors (Lipinski definition) is 1. The van der Waals surface area contributed by atoms with Gasteiger partial charge in [0.25, 0.3) is 11.6 Å². The zero-order valence-corrected chi connectivity index (χ0v) is 16.0. The lowest BCUT2D eigenvalue weighted by Gasteiger charge is -2.10. The van der Waals surface area contributed by atoms with E-state index in [1.54, 1.807) is 27.0 Å². The molecule has 0 aliphatic rings. The van der Waals surface area contributed by atoms with Crippen molar-refractivity contribution in [2.24, 2.45) is 0 Å². The number of hydrogen-bond acceptors (Lipinski definition) is 6. The van der Waals surface area contributed by atoms with Crippen LogP contribution in [0.15, 0.2) is 36.4 Å². The number of nitro benzene ring substituents is 1. The van der Waals surface area contributed by atoms with E-state index in [1.165, 1.54) is 12.1 Å². The number of nitrogens with zero attached hydrogens (tertiary/aromatic N) is 1. The molecule has 148 valence electrons. The van der Waals surface area contributed by atoms with Gasteiger partial charge in [-0.15, -0.1) is 0 Å². The molecular formula is C20H22N2O6. The van der Waals surface area contributed by atoms with Crippen LogP contribution in [0.1, 0.15) is 23.1 Å². The molecule has 0 fully saturated rings. The van der Waals surface area contributed by atoms with Crippen molar-refractivity contribution in [3.05, 3.63) is 63.2 Å². The molecule has 0 aliphatic carbocycles. The van der Waals surface area contributed by atoms with Gasteiger partial charge in [0, 0.05) is 12.5 Å². The fourth-order valence-electron chi connectivity index (χ4n) is 2.60. The maximum absolute atomic E-state index is 12.0. The van der Waals surface area contributed by atoms with Gasteiger partial charge in [0.05, 0.1) is 12.0 Å². The smallest absolute Gasteiger partial charge is 0.306 e. The van der Waals surface area contributed by atoms with Gasteiger partial charge in [-0.25, -0.2) is 0 Å². The number of carbonyl (C=O) groups is 2. The summed E-state index contributed by atoms with van der Waals surface area (Å²) in [6.07, 6.45) is 0.491. The summed E-state index contributed by atoms with van der Waals surface area (Å²) in [5.41, 5.74) is 2.27. The number of amides is 1. The van der Waals surface area contributed by atoms with Crippen LogP contribution in [0.4, 0.5) is 11.4 Å². The Hall–Kier alpha value is -3.42. The Bertz CT molecular complexity index is 894. The third-order valence-electron chi connectivity index (χ3n) is 4.24. The fourth-order valence-corrected chi connectivity index (χ4v) is 2.60. The molecule has 0 bridgehead atoms. The van der Waals surface area contributed by atoms with E-state index < -0.39 is 23.4 Å². The first kappa shape index (κ1) is 20.9. The number of methoxy groups -OCH3 is 1. The summed E-state index contributed by atoms with van der Waals surface area (Å²) in [6.45, 7) is 3.01. The van der Waals surface area contributed by atoms with Crippen molar-refractivity contribution in [2.75, 3.05) is 19.0 Å². The van der Waals surface area contributed by atoms with Crippen molar-refractivity contribution in [3.8, 4) is 5.75 Å². The lowest BCUT2D eigenvalue weighted by atomic mass is 10.1. The Kier molecular flexibility index (Phi) is 7.08. The Labute approximate surface area is 162 Å². The Morgan fingerprint density at radius 2 is 1.82 bits per heavy atom. The molecule has 0 radical (unpaired) electrons. The van der Waals surface area contributed by atoms with Crippen molar-refractivity contribution < 1.29 is 24.0 Å². The van der Waals surface area contributed by atoms with Crippen LogP contribution in [-0.4, -0.2) is 30.5 Å². The molecule has 1 N–H and O–H groups in total. The minimum atomic E-state index is -0.642. The van der Waals surface area contributed by atoms with Crippen LogP contribution in [0.5, 0.6) is 5.75 Å². The molecule has 2 aromatic rings. The average molecular weight is 386 g/mol. The number of anilines is 1. The molecule has 0 heterocycles. The standard InChI is InChI=1S/C20H22N2O6/c1-13-10-16(17(22(25)26)11-14(13)2)21-19(23)12-28-20(24)9-8-15-6-4-5-7-18(15)27-3/h4-7,10-11H,8-9,12H2,1-3H3,(H,21,23). The second-order valence-electron chi connectivity index (χ2n) is 6.23. The monoisotopic (exact) mass is 386 g/mol. The van der Waals surface area contributed by atoms with E-state index in [0.717, 1.165) is 16.7 Å². The Morgan fingerprint density at radius 3 is 2.50 bits per heavy atom. The van der Waals surface area contributed by atoms with Crippen LogP contribution in [-0.2, 0) is 20.7 Å². The second-order valence-corrected chi connectivity index (χ2v) is 6.23. The van der Waals surface area contributed by atoms with Gasteiger partial charge < -0.3 is 14.8 Å². The van der Waals surface area contributed by atoms with Gasteiger partial charge in [0.15, 0.2) is 6.61 Å².